The van der Waals surface area contributed by atoms with Crippen molar-refractivity contribution in [2.45, 2.75) is 38.9 Å². The molecule has 0 bridgehead atoms. The van der Waals surface area contributed by atoms with E-state index < -0.39 is 0 Å². The number of cyclic esters (lactones) is 1. The Morgan fingerprint density at radius 2 is 1.75 bits per heavy atom. The average molecular weight is 444 g/mol. The summed E-state index contributed by atoms with van der Waals surface area (Å²) in [7, 11) is 1.60. The lowest BCUT2D eigenvalue weighted by Crippen LogP contribution is -2.21. The number of rotatable bonds is 12. The third-order valence-corrected chi connectivity index (χ3v) is 5.96. The quantitative estimate of drug-likeness (QED) is 0.341. The maximum atomic E-state index is 12.5. The highest BCUT2D eigenvalue weighted by Crippen LogP contribution is 2.33. The summed E-state index contributed by atoms with van der Waals surface area (Å²) in [5, 5.41) is 19.0. The lowest BCUT2D eigenvalue weighted by Gasteiger charge is -2.18. The predicted molar refractivity (Wildman–Crippen MR) is 120 cm³/mol. The highest BCUT2D eigenvalue weighted by atomic mass is 16.5. The smallest absolute Gasteiger partial charge is 0.309 e. The summed E-state index contributed by atoms with van der Waals surface area (Å²) in [6.07, 6.45) is 3.01. The zero-order valence-corrected chi connectivity index (χ0v) is 18.6. The molecule has 1 aliphatic heterocycles. The Bertz CT molecular complexity index is 900. The van der Waals surface area contributed by atoms with Gasteiger partial charge in [0.15, 0.2) is 11.5 Å². The van der Waals surface area contributed by atoms with Gasteiger partial charge >= 0.3 is 5.97 Å². The van der Waals surface area contributed by atoms with Crippen LogP contribution < -0.4 is 15.2 Å². The van der Waals surface area contributed by atoms with Crippen LogP contribution in [0.5, 0.6) is 11.5 Å². The molecule has 2 aromatic carbocycles. The zero-order chi connectivity index (χ0) is 22.9. The molecule has 3 rings (SSSR count). The van der Waals surface area contributed by atoms with Gasteiger partial charge in [0.1, 0.15) is 0 Å². The van der Waals surface area contributed by atoms with Crippen LogP contribution in [0.4, 0.5) is 0 Å². The number of aliphatic hydroxyl groups excluding tert-OH is 2. The van der Waals surface area contributed by atoms with Gasteiger partial charge in [-0.05, 0) is 66.6 Å². The summed E-state index contributed by atoms with van der Waals surface area (Å²) < 4.78 is 16.7. The molecular formula is C25H33NO6. The molecule has 1 aliphatic rings. The van der Waals surface area contributed by atoms with Crippen LogP contribution in [0, 0.1) is 11.8 Å². The molecular weight excluding hydrogens is 410 g/mol. The van der Waals surface area contributed by atoms with E-state index in [9.17, 15) is 15.0 Å². The Balaban J connectivity index is 1.69. The van der Waals surface area contributed by atoms with E-state index in [-0.39, 0.29) is 31.0 Å². The fourth-order valence-corrected chi connectivity index (χ4v) is 4.11. The second-order valence-corrected chi connectivity index (χ2v) is 8.15. The molecule has 2 atom stereocenters. The maximum absolute atomic E-state index is 12.5. The molecule has 0 radical (unpaired) electrons. The monoisotopic (exact) mass is 443 g/mol. The number of aliphatic hydroxyl groups is 2. The first-order chi connectivity index (χ1) is 15.6. The van der Waals surface area contributed by atoms with Crippen molar-refractivity contribution in [2.75, 3.05) is 26.9 Å². The molecule has 1 fully saturated rings. The van der Waals surface area contributed by atoms with Crippen molar-refractivity contribution in [1.29, 1.82) is 0 Å². The highest BCUT2D eigenvalue weighted by molar-refractivity contribution is 5.75. The Morgan fingerprint density at radius 3 is 2.47 bits per heavy atom. The predicted octanol–water partition coefficient (Wildman–Crippen LogP) is 2.37. The van der Waals surface area contributed by atoms with Gasteiger partial charge in [0.2, 0.25) is 0 Å². The summed E-state index contributed by atoms with van der Waals surface area (Å²) in [6, 6.07) is 11.4. The van der Waals surface area contributed by atoms with Crippen LogP contribution in [0.25, 0.3) is 0 Å². The fraction of sp³-hybridized carbons (Fsp3) is 0.480. The number of methoxy groups -OCH3 is 1. The molecule has 0 amide bonds. The minimum absolute atomic E-state index is 0.0344. The second-order valence-electron chi connectivity index (χ2n) is 8.15. The van der Waals surface area contributed by atoms with Crippen molar-refractivity contribution < 1.29 is 29.2 Å². The third kappa shape index (κ3) is 6.00. The number of hydrogen-bond acceptors (Lipinski definition) is 7. The van der Waals surface area contributed by atoms with E-state index >= 15 is 0 Å². The Labute approximate surface area is 189 Å². The highest BCUT2D eigenvalue weighted by Gasteiger charge is 2.37. The summed E-state index contributed by atoms with van der Waals surface area (Å²) in [6.45, 7) is 1.35. The molecule has 1 unspecified atom stereocenters. The minimum Gasteiger partial charge on any atom is -0.493 e. The Kier molecular flexibility index (Phi) is 8.90. The number of ether oxygens (including phenoxy) is 3. The number of carbonyl (C=O) groups is 1. The van der Waals surface area contributed by atoms with E-state index in [1.807, 2.05) is 36.4 Å². The summed E-state index contributed by atoms with van der Waals surface area (Å²) in [4.78, 5) is 12.5. The van der Waals surface area contributed by atoms with Crippen LogP contribution in [-0.2, 0) is 35.6 Å². The molecule has 174 valence electrons. The van der Waals surface area contributed by atoms with Crippen molar-refractivity contribution in [2.24, 2.45) is 17.6 Å². The van der Waals surface area contributed by atoms with Gasteiger partial charge in [-0.15, -0.1) is 0 Å². The van der Waals surface area contributed by atoms with E-state index in [0.717, 1.165) is 24.0 Å². The molecule has 7 heteroatoms. The van der Waals surface area contributed by atoms with Crippen LogP contribution in [0.1, 0.15) is 35.1 Å². The van der Waals surface area contributed by atoms with Crippen LogP contribution in [0.15, 0.2) is 36.4 Å². The molecule has 2 aromatic rings. The van der Waals surface area contributed by atoms with Crippen LogP contribution in [0.3, 0.4) is 0 Å². The van der Waals surface area contributed by atoms with E-state index in [1.54, 1.807) is 7.11 Å². The number of benzene rings is 2. The lowest BCUT2D eigenvalue weighted by molar-refractivity contribution is -0.141. The zero-order valence-electron chi connectivity index (χ0n) is 18.6. The van der Waals surface area contributed by atoms with Gasteiger partial charge < -0.3 is 30.2 Å². The Morgan fingerprint density at radius 1 is 1.00 bits per heavy atom. The molecule has 0 spiro atoms. The van der Waals surface area contributed by atoms with Gasteiger partial charge in [-0.25, -0.2) is 0 Å². The fourth-order valence-electron chi connectivity index (χ4n) is 4.11. The average Bonchev–Trinajstić information content (AvgIpc) is 3.15. The molecule has 0 aromatic heterocycles. The normalized spacial score (nSPS) is 17.9. The number of nitrogens with two attached hydrogens (primary N) is 1. The molecule has 32 heavy (non-hydrogen) atoms. The molecule has 7 nitrogen and oxygen atoms in total. The van der Waals surface area contributed by atoms with Crippen LogP contribution >= 0.6 is 0 Å². The van der Waals surface area contributed by atoms with E-state index in [4.69, 9.17) is 19.9 Å². The van der Waals surface area contributed by atoms with E-state index in [2.05, 4.69) is 0 Å². The minimum atomic E-state index is -0.258. The van der Waals surface area contributed by atoms with Crippen molar-refractivity contribution in [3.63, 3.8) is 0 Å². The van der Waals surface area contributed by atoms with Gasteiger partial charge in [0.05, 0.1) is 39.5 Å². The van der Waals surface area contributed by atoms with Gasteiger partial charge in [0, 0.05) is 5.92 Å². The molecule has 4 N–H and O–H groups in total. The van der Waals surface area contributed by atoms with Gasteiger partial charge in [0.25, 0.3) is 0 Å². The maximum Gasteiger partial charge on any atom is 0.309 e. The van der Waals surface area contributed by atoms with Crippen molar-refractivity contribution in [1.82, 2.24) is 0 Å². The third-order valence-electron chi connectivity index (χ3n) is 5.96. The van der Waals surface area contributed by atoms with Crippen molar-refractivity contribution in [3.05, 3.63) is 58.7 Å². The van der Waals surface area contributed by atoms with Crippen LogP contribution in [-0.4, -0.2) is 43.1 Å². The molecule has 1 saturated heterocycles. The first kappa shape index (κ1) is 24.0. The second kappa shape index (κ2) is 11.9. The number of esters is 1. The van der Waals surface area contributed by atoms with E-state index in [0.29, 0.717) is 55.2 Å². The van der Waals surface area contributed by atoms with Gasteiger partial charge in [-0.3, -0.25) is 4.79 Å². The summed E-state index contributed by atoms with van der Waals surface area (Å²) >= 11 is 0. The van der Waals surface area contributed by atoms with Crippen LogP contribution in [0.2, 0.25) is 0 Å². The number of hydrogen-bond donors (Lipinski definition) is 3. The molecule has 1 heterocycles. The SMILES string of the molecule is COc1cc(C[C@H]2C(=O)OCC2Cc2ccc(CO)c(CO)c2)ccc1OCCCCN. The lowest BCUT2D eigenvalue weighted by atomic mass is 9.84. The van der Waals surface area contributed by atoms with Gasteiger partial charge in [-0.1, -0.05) is 24.3 Å². The Hall–Kier alpha value is -2.61. The van der Waals surface area contributed by atoms with Crippen molar-refractivity contribution >= 4 is 5.97 Å². The summed E-state index contributed by atoms with van der Waals surface area (Å²) in [5.74, 6) is 0.911. The van der Waals surface area contributed by atoms with Gasteiger partial charge in [-0.2, -0.15) is 0 Å². The molecule has 0 saturated carbocycles. The number of carbonyl (C=O) groups excluding carboxylic acids is 1. The first-order valence-corrected chi connectivity index (χ1v) is 11.1. The topological polar surface area (TPSA) is 111 Å². The largest absolute Gasteiger partial charge is 0.493 e. The van der Waals surface area contributed by atoms with Crippen molar-refractivity contribution in [3.8, 4) is 11.5 Å². The van der Waals surface area contributed by atoms with E-state index in [1.165, 1.54) is 0 Å². The number of unbranched alkanes of at least 4 members (excludes halogenated alkanes) is 1. The molecule has 0 aliphatic carbocycles. The standard InChI is InChI=1S/C25H33NO6/c1-30-24-13-18(5-7-23(24)31-9-3-2-8-26)12-22-21(16-32-25(22)29)11-17-4-6-19(14-27)20(10-17)15-28/h4-7,10,13,21-22,27-28H,2-3,8-9,11-12,14-16,26H2,1H3/t21?,22-/m1/s1. The summed E-state index contributed by atoms with van der Waals surface area (Å²) in [5.41, 5.74) is 8.94. The first-order valence-electron chi connectivity index (χ1n) is 11.1.